The number of hydrogen-bond acceptors (Lipinski definition) is 10. The quantitative estimate of drug-likeness (QED) is 0.136. The van der Waals surface area contributed by atoms with E-state index in [2.05, 4.69) is 357 Å². The van der Waals surface area contributed by atoms with Crippen molar-refractivity contribution in [3.05, 3.63) is 480 Å². The van der Waals surface area contributed by atoms with Gasteiger partial charge in [-0.2, -0.15) is 0 Å². The minimum atomic E-state index is -0.573. The summed E-state index contributed by atoms with van der Waals surface area (Å²) in [5.41, 5.74) is 38.2. The molecule has 0 bridgehead atoms. The van der Waals surface area contributed by atoms with E-state index < -0.39 is 5.41 Å². The summed E-state index contributed by atoms with van der Waals surface area (Å²) in [4.78, 5) is 40.6. The van der Waals surface area contributed by atoms with Crippen LogP contribution in [0.15, 0.2) is 433 Å². The number of aromatic nitrogens is 8. The Labute approximate surface area is 820 Å². The van der Waals surface area contributed by atoms with Crippen LogP contribution >= 0.6 is 0 Å². The lowest BCUT2D eigenvalue weighted by atomic mass is 9.68. The first-order valence-electron chi connectivity index (χ1n) is 48.8. The molecule has 20 aromatic carbocycles. The van der Waals surface area contributed by atoms with Gasteiger partial charge >= 0.3 is 0 Å². The van der Waals surface area contributed by atoms with Crippen molar-refractivity contribution < 1.29 is 8.83 Å². The van der Waals surface area contributed by atoms with E-state index in [1.54, 1.807) is 0 Å². The zero-order chi connectivity index (χ0) is 94.6. The molecule has 0 saturated carbocycles. The van der Waals surface area contributed by atoms with Crippen molar-refractivity contribution in [2.75, 3.05) is 0 Å². The molecule has 5 heterocycles. The van der Waals surface area contributed by atoms with Gasteiger partial charge in [0, 0.05) is 98.8 Å². The molecule has 5 aromatic heterocycles. The molecule has 1 spiro atoms. The fourth-order valence-corrected chi connectivity index (χ4v) is 24.5. The lowest BCUT2D eigenvalue weighted by molar-refractivity contribution is 0.619. The second-order valence-corrected chi connectivity index (χ2v) is 39.7. The molecule has 10 heteroatoms. The molecule has 0 saturated heterocycles. The summed E-state index contributed by atoms with van der Waals surface area (Å²) >= 11 is 0. The fourth-order valence-electron chi connectivity index (χ4n) is 24.5. The number of fused-ring (bicyclic) bond motifs is 35. The number of para-hydroxylation sites is 1. The zero-order valence-electron chi connectivity index (χ0n) is 78.8. The number of benzene rings is 20. The molecule has 0 aliphatic heterocycles. The standard InChI is InChI=1S/C52H31N3.C44H32N2O.C36H25N3O/c1-3-15-32(16-4-1)49-53-50(33-17-5-2-6-18-33)55-51(54-49)34-27-28-40-38-22-11-13-25-44(38)52(46(40)31-34)45-26-14-12-23-39(45)43-30-29-42-37-21-8-7-19-35(37)36-20-9-10-24-41(36)47(42)48(43)52;1-43(2)34-14-8-5-11-27(34)29-19-17-25(24-36(29)43)40-32-13-7-10-16-37(32)45-42(46-40)26-18-22-38-33(23-26)31-21-20-30-28-12-6-9-15-35(28)44(3,4)39(30)41(31)47-38;1-36(2)28-18-10-9-16-24(28)25-20-21-26-30-27(17-11-19-29(30)40-32(26)31(25)36)35-38-33(22-12-5-3-6-13-22)37-34(39-35)23-14-7-4-8-15-23/h1-31H;5-24H,1-4H3;3-21H,1-2H3. The molecule has 0 N–H and O–H groups in total. The SMILES string of the molecule is CC1(C)c2ccccc2-c2ccc(-c3nc(-c4ccc5oc6c7c(ccc6c5c4)-c4ccccc4C7(C)C)nc4ccccc34)cc21.CC1(C)c2ccccc2-c2ccc3c(oc4cccc(-c5nc(-c6ccccc6)nc(-c6ccccc6)n5)c43)c21.c1ccc(-c2nc(-c3ccccc3)nc(-c3ccc4c(c3)C3(c5ccccc5-4)c4ccccc4-c4ccc5c6ccccc6c6ccccc6c5c43)n2)cc1. The second kappa shape index (κ2) is 31.3. The number of nitrogens with zero attached hydrogens (tertiary/aromatic N) is 8. The molecule has 0 amide bonds. The lowest BCUT2D eigenvalue weighted by Gasteiger charge is -2.32. The second-order valence-electron chi connectivity index (χ2n) is 39.7. The Balaban J connectivity index is 0.000000105. The van der Waals surface area contributed by atoms with Gasteiger partial charge in [0.1, 0.15) is 22.3 Å². The van der Waals surface area contributed by atoms with Crippen LogP contribution in [0.3, 0.4) is 0 Å². The van der Waals surface area contributed by atoms with Gasteiger partial charge in [-0.05, 0) is 187 Å². The van der Waals surface area contributed by atoms with Gasteiger partial charge in [-0.1, -0.05) is 412 Å². The minimum absolute atomic E-state index is 0.0862. The van der Waals surface area contributed by atoms with Crippen LogP contribution < -0.4 is 0 Å². The summed E-state index contributed by atoms with van der Waals surface area (Å²) in [5.74, 6) is 4.60. The molecule has 1 unspecified atom stereocenters. The molecule has 25 aromatic rings. The average Bonchev–Trinajstić information content (AvgIpc) is 1.48. The first kappa shape index (κ1) is 82.4. The summed E-state index contributed by atoms with van der Waals surface area (Å²) in [5, 5.41) is 13.1. The van der Waals surface area contributed by atoms with Gasteiger partial charge in [0.2, 0.25) is 0 Å². The molecule has 5 aliphatic rings. The third-order valence-corrected chi connectivity index (χ3v) is 30.9. The number of hydrogen-bond donors (Lipinski definition) is 0. The van der Waals surface area contributed by atoms with Gasteiger partial charge < -0.3 is 8.83 Å². The maximum Gasteiger partial charge on any atom is 0.164 e. The van der Waals surface area contributed by atoms with E-state index in [1.807, 2.05) is 109 Å². The summed E-state index contributed by atoms with van der Waals surface area (Å²) in [7, 11) is 0. The first-order valence-corrected chi connectivity index (χ1v) is 48.8. The van der Waals surface area contributed by atoms with E-state index in [4.69, 9.17) is 48.7 Å². The Morgan fingerprint density at radius 2 is 0.521 bits per heavy atom. The topological polar surface area (TPSA) is 129 Å². The normalized spacial score (nSPS) is 14.6. The number of furan rings is 2. The van der Waals surface area contributed by atoms with Crippen LogP contribution in [0.4, 0.5) is 0 Å². The third kappa shape index (κ3) is 12.3. The lowest BCUT2D eigenvalue weighted by Crippen LogP contribution is -2.26. The van der Waals surface area contributed by atoms with Gasteiger partial charge in [0.25, 0.3) is 0 Å². The van der Waals surface area contributed by atoms with Crippen LogP contribution in [0.25, 0.3) is 234 Å². The fraction of sp³-hybridized carbons (Fsp3) is 0.0758. The third-order valence-electron chi connectivity index (χ3n) is 30.9. The highest BCUT2D eigenvalue weighted by molar-refractivity contribution is 6.28. The summed E-state index contributed by atoms with van der Waals surface area (Å²) in [6.07, 6.45) is 0. The Kier molecular flexibility index (Phi) is 18.2. The van der Waals surface area contributed by atoms with E-state index in [-0.39, 0.29) is 16.2 Å². The Bertz CT molecular complexity index is 9490. The predicted octanol–water partition coefficient (Wildman–Crippen LogP) is 33.2. The maximum atomic E-state index is 6.68. The van der Waals surface area contributed by atoms with E-state index in [0.717, 1.165) is 105 Å². The van der Waals surface area contributed by atoms with Gasteiger partial charge in [-0.3, -0.25) is 0 Å². The Hall–Kier alpha value is -17.9. The van der Waals surface area contributed by atoms with Crippen LogP contribution in [-0.2, 0) is 21.7 Å². The molecule has 1 atom stereocenters. The summed E-state index contributed by atoms with van der Waals surface area (Å²) in [6, 6.07) is 151. The van der Waals surface area contributed by atoms with Crippen molar-refractivity contribution in [1.82, 2.24) is 39.9 Å². The average molecular weight is 1820 g/mol. The van der Waals surface area contributed by atoms with Crippen molar-refractivity contribution in [3.8, 4) is 147 Å². The number of rotatable bonds is 8. The molecular formula is C132H88N8O2. The molecule has 142 heavy (non-hydrogen) atoms. The predicted molar refractivity (Wildman–Crippen MR) is 579 cm³/mol. The Morgan fingerprint density at radius 1 is 0.176 bits per heavy atom. The highest BCUT2D eigenvalue weighted by Gasteiger charge is 2.53. The summed E-state index contributed by atoms with van der Waals surface area (Å²) < 4.78 is 13.3. The van der Waals surface area contributed by atoms with Crippen LogP contribution in [0.2, 0.25) is 0 Å². The highest BCUT2D eigenvalue weighted by Crippen LogP contribution is 2.66. The van der Waals surface area contributed by atoms with E-state index in [1.165, 1.54) is 144 Å². The van der Waals surface area contributed by atoms with Crippen molar-refractivity contribution in [3.63, 3.8) is 0 Å². The Morgan fingerprint density at radius 3 is 1.07 bits per heavy atom. The minimum Gasteiger partial charge on any atom is -0.456 e. The van der Waals surface area contributed by atoms with Crippen LogP contribution in [0.5, 0.6) is 0 Å². The van der Waals surface area contributed by atoms with Crippen molar-refractivity contribution in [2.45, 2.75) is 63.2 Å². The molecule has 10 nitrogen and oxygen atoms in total. The van der Waals surface area contributed by atoms with E-state index in [0.29, 0.717) is 40.8 Å². The van der Waals surface area contributed by atoms with Crippen LogP contribution in [0.1, 0.15) is 97.2 Å². The first-order chi connectivity index (χ1) is 69.7. The van der Waals surface area contributed by atoms with Crippen molar-refractivity contribution in [2.24, 2.45) is 0 Å². The van der Waals surface area contributed by atoms with Gasteiger partial charge in [-0.25, -0.2) is 39.9 Å². The zero-order valence-corrected chi connectivity index (χ0v) is 78.8. The van der Waals surface area contributed by atoms with Crippen LogP contribution in [0, 0.1) is 0 Å². The van der Waals surface area contributed by atoms with Crippen LogP contribution in [-0.4, -0.2) is 39.9 Å². The van der Waals surface area contributed by atoms with Crippen molar-refractivity contribution >= 4 is 87.1 Å². The van der Waals surface area contributed by atoms with Crippen molar-refractivity contribution in [1.29, 1.82) is 0 Å². The highest BCUT2D eigenvalue weighted by atomic mass is 16.3. The molecule has 5 aliphatic carbocycles. The monoisotopic (exact) mass is 1820 g/mol. The summed E-state index contributed by atoms with van der Waals surface area (Å²) in [6.45, 7) is 13.8. The molecule has 30 rings (SSSR count). The molecule has 0 radical (unpaired) electrons. The van der Waals surface area contributed by atoms with Gasteiger partial charge in [0.15, 0.2) is 40.8 Å². The van der Waals surface area contributed by atoms with E-state index in [9.17, 15) is 0 Å². The van der Waals surface area contributed by atoms with Gasteiger partial charge in [0.05, 0.1) is 16.6 Å². The van der Waals surface area contributed by atoms with Gasteiger partial charge in [-0.15, -0.1) is 0 Å². The van der Waals surface area contributed by atoms with E-state index >= 15 is 0 Å². The smallest absolute Gasteiger partial charge is 0.164 e. The molecule has 668 valence electrons. The maximum absolute atomic E-state index is 6.68. The molecular weight excluding hydrogens is 1730 g/mol. The molecule has 0 fully saturated rings. The largest absolute Gasteiger partial charge is 0.456 e.